The van der Waals surface area contributed by atoms with Gasteiger partial charge in [-0.1, -0.05) is 5.11 Å². The van der Waals surface area contributed by atoms with E-state index in [1.165, 1.54) is 7.05 Å². The van der Waals surface area contributed by atoms with Crippen molar-refractivity contribution in [3.8, 4) is 0 Å². The van der Waals surface area contributed by atoms with E-state index in [1.54, 1.807) is 0 Å². The lowest BCUT2D eigenvalue weighted by Crippen LogP contribution is -2.26. The second-order valence-corrected chi connectivity index (χ2v) is 1.66. The number of hydrogen-bond acceptors (Lipinski definition) is 2. The van der Waals surface area contributed by atoms with E-state index < -0.39 is 6.09 Å². The predicted molar refractivity (Wildman–Crippen MR) is 34.7 cm³/mol. The Morgan fingerprint density at radius 1 is 1.90 bits per heavy atom. The molecule has 0 saturated carbocycles. The van der Waals surface area contributed by atoms with Gasteiger partial charge in [-0.3, -0.25) is 0 Å². The molecule has 1 N–H and O–H groups in total. The number of azide groups is 1. The minimum atomic E-state index is -1.02. The number of rotatable bonds is 3. The highest BCUT2D eigenvalue weighted by molar-refractivity contribution is 5.64. The van der Waals surface area contributed by atoms with Gasteiger partial charge in [-0.15, -0.1) is 0 Å². The SMILES string of the molecule is CN(CCN=[N+]=[N-])C(=O)O. The second kappa shape index (κ2) is 4.46. The fraction of sp³-hybridized carbons (Fsp3) is 0.750. The first kappa shape index (κ1) is 8.58. The molecular formula is C4H8N4O2. The van der Waals surface area contributed by atoms with E-state index in [1.807, 2.05) is 0 Å². The molecule has 0 aromatic heterocycles. The Kier molecular flexibility index (Phi) is 3.83. The molecule has 6 nitrogen and oxygen atoms in total. The highest BCUT2D eigenvalue weighted by Gasteiger charge is 2.01. The van der Waals surface area contributed by atoms with Crippen molar-refractivity contribution < 1.29 is 9.90 Å². The fourth-order valence-electron chi connectivity index (χ4n) is 0.335. The monoisotopic (exact) mass is 144 g/mol. The number of nitrogens with zero attached hydrogens (tertiary/aromatic N) is 4. The van der Waals surface area contributed by atoms with Crippen molar-refractivity contribution in [1.29, 1.82) is 0 Å². The van der Waals surface area contributed by atoms with Crippen molar-refractivity contribution in [2.75, 3.05) is 20.1 Å². The molecule has 0 radical (unpaired) electrons. The largest absolute Gasteiger partial charge is 0.465 e. The summed E-state index contributed by atoms with van der Waals surface area (Å²) in [5.74, 6) is 0. The van der Waals surface area contributed by atoms with Gasteiger partial charge in [0, 0.05) is 25.0 Å². The van der Waals surface area contributed by atoms with E-state index in [9.17, 15) is 4.79 Å². The summed E-state index contributed by atoms with van der Waals surface area (Å²) in [7, 11) is 1.41. The van der Waals surface area contributed by atoms with Gasteiger partial charge < -0.3 is 10.0 Å². The maximum absolute atomic E-state index is 10.1. The molecule has 0 spiro atoms. The Morgan fingerprint density at radius 2 is 2.50 bits per heavy atom. The standard InChI is InChI=1S/C4H8N4O2/c1-8(4(9)10)3-2-6-7-5/h2-3H2,1H3,(H,9,10). The van der Waals surface area contributed by atoms with Gasteiger partial charge in [0.25, 0.3) is 0 Å². The van der Waals surface area contributed by atoms with Crippen molar-refractivity contribution >= 4 is 6.09 Å². The van der Waals surface area contributed by atoms with Gasteiger partial charge in [-0.25, -0.2) is 4.79 Å². The highest BCUT2D eigenvalue weighted by Crippen LogP contribution is 1.82. The van der Waals surface area contributed by atoms with Crippen LogP contribution in [-0.4, -0.2) is 36.2 Å². The minimum absolute atomic E-state index is 0.180. The van der Waals surface area contributed by atoms with Crippen LogP contribution in [-0.2, 0) is 0 Å². The molecule has 0 aromatic carbocycles. The molecule has 0 aliphatic heterocycles. The Labute approximate surface area is 57.7 Å². The molecule has 0 atom stereocenters. The first-order valence-corrected chi connectivity index (χ1v) is 2.63. The molecule has 0 aliphatic rings. The highest BCUT2D eigenvalue weighted by atomic mass is 16.4. The summed E-state index contributed by atoms with van der Waals surface area (Å²) < 4.78 is 0. The molecule has 56 valence electrons. The van der Waals surface area contributed by atoms with Crippen LogP contribution < -0.4 is 0 Å². The van der Waals surface area contributed by atoms with Crippen molar-refractivity contribution in [2.24, 2.45) is 5.11 Å². The molecule has 0 rings (SSSR count). The molecule has 0 heterocycles. The van der Waals surface area contributed by atoms with Gasteiger partial charge in [0.2, 0.25) is 0 Å². The summed E-state index contributed by atoms with van der Waals surface area (Å²) in [5, 5.41) is 11.4. The zero-order valence-corrected chi connectivity index (χ0v) is 5.56. The van der Waals surface area contributed by atoms with Gasteiger partial charge >= 0.3 is 6.09 Å². The lowest BCUT2D eigenvalue weighted by atomic mass is 10.6. The van der Waals surface area contributed by atoms with E-state index in [0.29, 0.717) is 0 Å². The van der Waals surface area contributed by atoms with E-state index in [-0.39, 0.29) is 13.1 Å². The first-order chi connectivity index (χ1) is 4.68. The smallest absolute Gasteiger partial charge is 0.407 e. The number of likely N-dealkylation sites (N-methyl/N-ethyl adjacent to an activating group) is 1. The summed E-state index contributed by atoms with van der Waals surface area (Å²) in [6, 6.07) is 0. The third-order valence-electron chi connectivity index (χ3n) is 0.925. The summed E-state index contributed by atoms with van der Waals surface area (Å²) in [4.78, 5) is 13.6. The lowest BCUT2D eigenvalue weighted by molar-refractivity contribution is 0.157. The van der Waals surface area contributed by atoms with Crippen LogP contribution in [0.3, 0.4) is 0 Å². The van der Waals surface area contributed by atoms with E-state index in [2.05, 4.69) is 10.0 Å². The topological polar surface area (TPSA) is 89.3 Å². The molecule has 0 saturated heterocycles. The third-order valence-corrected chi connectivity index (χ3v) is 0.925. The predicted octanol–water partition coefficient (Wildman–Crippen LogP) is 0.907. The van der Waals surface area contributed by atoms with Crippen molar-refractivity contribution in [1.82, 2.24) is 4.90 Å². The zero-order chi connectivity index (χ0) is 7.98. The van der Waals surface area contributed by atoms with Gasteiger partial charge in [0.15, 0.2) is 0 Å². The molecule has 6 heteroatoms. The van der Waals surface area contributed by atoms with Crippen LogP contribution in [0.1, 0.15) is 0 Å². The summed E-state index contributed by atoms with van der Waals surface area (Å²) >= 11 is 0. The van der Waals surface area contributed by atoms with E-state index >= 15 is 0 Å². The van der Waals surface area contributed by atoms with Crippen molar-refractivity contribution in [3.63, 3.8) is 0 Å². The van der Waals surface area contributed by atoms with E-state index in [0.717, 1.165) is 4.90 Å². The van der Waals surface area contributed by atoms with E-state index in [4.69, 9.17) is 10.6 Å². The normalized spacial score (nSPS) is 8.10. The number of hydrogen-bond donors (Lipinski definition) is 1. The molecular weight excluding hydrogens is 136 g/mol. The van der Waals surface area contributed by atoms with Gasteiger partial charge in [-0.05, 0) is 5.53 Å². The Bertz CT molecular complexity index is 163. The van der Waals surface area contributed by atoms with Crippen LogP contribution in [0.4, 0.5) is 4.79 Å². The number of carbonyl (C=O) groups is 1. The molecule has 0 aliphatic carbocycles. The molecule has 10 heavy (non-hydrogen) atoms. The number of carboxylic acid groups (broad SMARTS) is 1. The molecule has 0 fully saturated rings. The number of amides is 1. The quantitative estimate of drug-likeness (QED) is 0.362. The van der Waals surface area contributed by atoms with Gasteiger partial charge in [0.05, 0.1) is 0 Å². The Morgan fingerprint density at radius 3 is 2.90 bits per heavy atom. The molecule has 0 unspecified atom stereocenters. The van der Waals surface area contributed by atoms with Crippen LogP contribution in [0, 0.1) is 0 Å². The van der Waals surface area contributed by atoms with Crippen molar-refractivity contribution in [2.45, 2.75) is 0 Å². The summed E-state index contributed by atoms with van der Waals surface area (Å²) in [6.45, 7) is 0.415. The van der Waals surface area contributed by atoms with Crippen LogP contribution in [0.25, 0.3) is 10.4 Å². The maximum atomic E-state index is 10.1. The Balaban J connectivity index is 3.48. The van der Waals surface area contributed by atoms with Crippen LogP contribution in [0.15, 0.2) is 5.11 Å². The third kappa shape index (κ3) is 3.57. The average Bonchev–Trinajstić information content (AvgIpc) is 1.88. The lowest BCUT2D eigenvalue weighted by Gasteiger charge is -2.09. The summed E-state index contributed by atoms with van der Waals surface area (Å²) in [6.07, 6.45) is -1.02. The minimum Gasteiger partial charge on any atom is -0.465 e. The van der Waals surface area contributed by atoms with Crippen LogP contribution >= 0.6 is 0 Å². The maximum Gasteiger partial charge on any atom is 0.407 e. The van der Waals surface area contributed by atoms with Crippen molar-refractivity contribution in [3.05, 3.63) is 10.4 Å². The average molecular weight is 144 g/mol. The zero-order valence-electron chi connectivity index (χ0n) is 5.56. The van der Waals surface area contributed by atoms with Crippen LogP contribution in [0.2, 0.25) is 0 Å². The van der Waals surface area contributed by atoms with Gasteiger partial charge in [-0.2, -0.15) is 0 Å². The first-order valence-electron chi connectivity index (χ1n) is 2.63. The molecule has 0 bridgehead atoms. The van der Waals surface area contributed by atoms with Crippen LogP contribution in [0.5, 0.6) is 0 Å². The summed E-state index contributed by atoms with van der Waals surface area (Å²) in [5.41, 5.74) is 7.81. The molecule has 0 aromatic rings. The second-order valence-electron chi connectivity index (χ2n) is 1.66. The molecule has 1 amide bonds. The fourth-order valence-corrected chi connectivity index (χ4v) is 0.335. The van der Waals surface area contributed by atoms with Gasteiger partial charge in [0.1, 0.15) is 0 Å². The Hall–Kier alpha value is -1.42.